The minimum Gasteiger partial charge on any atom is -0.385 e. The van der Waals surface area contributed by atoms with Crippen LogP contribution in [0, 0.1) is 5.92 Å². The van der Waals surface area contributed by atoms with Crippen LogP contribution in [0.5, 0.6) is 0 Å². The van der Waals surface area contributed by atoms with Crippen molar-refractivity contribution in [2.45, 2.75) is 38.2 Å². The van der Waals surface area contributed by atoms with E-state index in [1.54, 1.807) is 0 Å². The Labute approximate surface area is 119 Å². The molecule has 1 saturated heterocycles. The number of carbonyl (C=O) groups is 1. The fraction of sp³-hybridized carbons (Fsp3) is 0.562. The Bertz CT molecular complexity index is 519. The lowest BCUT2D eigenvalue weighted by atomic mass is 9.78. The van der Waals surface area contributed by atoms with E-state index >= 15 is 0 Å². The molecule has 1 amide bonds. The summed E-state index contributed by atoms with van der Waals surface area (Å²) in [5.41, 5.74) is 2.17. The number of piperidine rings is 1. The Hall–Kier alpha value is -1.39. The molecule has 4 nitrogen and oxygen atoms in total. The lowest BCUT2D eigenvalue weighted by molar-refractivity contribution is -0.116. The van der Waals surface area contributed by atoms with Crippen LogP contribution in [0.15, 0.2) is 18.2 Å². The van der Waals surface area contributed by atoms with E-state index in [0.29, 0.717) is 6.42 Å². The summed E-state index contributed by atoms with van der Waals surface area (Å²) in [7, 11) is 0. The van der Waals surface area contributed by atoms with Crippen molar-refractivity contribution in [3.63, 3.8) is 0 Å². The second-order valence-electron chi connectivity index (χ2n) is 6.11. The van der Waals surface area contributed by atoms with Gasteiger partial charge in [-0.15, -0.1) is 0 Å². The summed E-state index contributed by atoms with van der Waals surface area (Å²) in [5.74, 6) is 0.320. The Morgan fingerprint density at radius 1 is 1.35 bits per heavy atom. The third-order valence-electron chi connectivity index (χ3n) is 4.68. The number of hydrogen-bond donors (Lipinski definition) is 3. The largest absolute Gasteiger partial charge is 0.385 e. The zero-order valence-corrected chi connectivity index (χ0v) is 11.9. The number of rotatable bonds is 2. The smallest absolute Gasteiger partial charge is 0.224 e. The van der Waals surface area contributed by atoms with Gasteiger partial charge >= 0.3 is 0 Å². The number of carbonyl (C=O) groups excluding carboxylic acids is 1. The summed E-state index contributed by atoms with van der Waals surface area (Å²) in [6.45, 7) is 3.82. The lowest BCUT2D eigenvalue weighted by Gasteiger charge is -2.37. The zero-order valence-electron chi connectivity index (χ0n) is 11.9. The molecule has 108 valence electrons. The highest BCUT2D eigenvalue weighted by Gasteiger charge is 2.35. The number of anilines is 1. The van der Waals surface area contributed by atoms with E-state index in [2.05, 4.69) is 16.7 Å². The molecule has 1 fully saturated rings. The molecule has 0 spiro atoms. The molecule has 3 rings (SSSR count). The average Bonchev–Trinajstić information content (AvgIpc) is 2.47. The van der Waals surface area contributed by atoms with Crippen LogP contribution in [0.3, 0.4) is 0 Å². The Kier molecular flexibility index (Phi) is 3.52. The van der Waals surface area contributed by atoms with Crippen molar-refractivity contribution >= 4 is 11.6 Å². The predicted octanol–water partition coefficient (Wildman–Crippen LogP) is 1.78. The van der Waals surface area contributed by atoms with Crippen LogP contribution >= 0.6 is 0 Å². The van der Waals surface area contributed by atoms with Crippen LogP contribution in [0.1, 0.15) is 37.3 Å². The minimum atomic E-state index is -0.816. The molecule has 1 aromatic carbocycles. The molecule has 1 aromatic rings. The van der Waals surface area contributed by atoms with Gasteiger partial charge in [0.1, 0.15) is 0 Å². The van der Waals surface area contributed by atoms with Crippen LogP contribution in [0.25, 0.3) is 0 Å². The molecule has 2 atom stereocenters. The number of hydrogen-bond acceptors (Lipinski definition) is 3. The summed E-state index contributed by atoms with van der Waals surface area (Å²) in [5, 5.41) is 17.2. The summed E-state index contributed by atoms with van der Waals surface area (Å²) >= 11 is 0. The first kappa shape index (κ1) is 13.6. The fourth-order valence-electron chi connectivity index (χ4n) is 3.27. The van der Waals surface area contributed by atoms with Crippen LogP contribution < -0.4 is 10.6 Å². The quantitative estimate of drug-likeness (QED) is 0.770. The van der Waals surface area contributed by atoms with Gasteiger partial charge in [0.05, 0.1) is 5.60 Å². The van der Waals surface area contributed by atoms with Gasteiger partial charge in [-0.25, -0.2) is 0 Å². The van der Waals surface area contributed by atoms with Gasteiger partial charge in [-0.2, -0.15) is 0 Å². The second kappa shape index (κ2) is 5.19. The number of amides is 1. The molecule has 0 radical (unpaired) electrons. The molecule has 3 N–H and O–H groups in total. The van der Waals surface area contributed by atoms with Crippen LogP contribution in [-0.4, -0.2) is 24.1 Å². The molecule has 2 aliphatic rings. The van der Waals surface area contributed by atoms with Gasteiger partial charge in [0.25, 0.3) is 0 Å². The van der Waals surface area contributed by atoms with E-state index in [4.69, 9.17) is 0 Å². The molecule has 2 unspecified atom stereocenters. The van der Waals surface area contributed by atoms with E-state index in [9.17, 15) is 9.90 Å². The standard InChI is InChI=1S/C16H22N2O2/c1-16(20,13-3-2-8-17-10-13)12-5-6-14-11(9-12)4-7-15(19)18-14/h5-6,9,13,17,20H,2-4,7-8,10H2,1H3,(H,18,19). The molecule has 20 heavy (non-hydrogen) atoms. The number of aliphatic hydroxyl groups is 1. The maximum Gasteiger partial charge on any atom is 0.224 e. The van der Waals surface area contributed by atoms with Gasteiger partial charge in [-0.1, -0.05) is 12.1 Å². The monoisotopic (exact) mass is 274 g/mol. The summed E-state index contributed by atoms with van der Waals surface area (Å²) in [6.07, 6.45) is 3.45. The molecule has 0 bridgehead atoms. The Balaban J connectivity index is 1.87. The number of benzene rings is 1. The van der Waals surface area contributed by atoms with Gasteiger partial charge < -0.3 is 15.7 Å². The first-order valence-corrected chi connectivity index (χ1v) is 7.44. The number of fused-ring (bicyclic) bond motifs is 1. The van der Waals surface area contributed by atoms with Gasteiger partial charge in [0.2, 0.25) is 5.91 Å². The van der Waals surface area contributed by atoms with Gasteiger partial charge in [-0.05, 0) is 49.9 Å². The van der Waals surface area contributed by atoms with Gasteiger partial charge in [-0.3, -0.25) is 4.79 Å². The van der Waals surface area contributed by atoms with Crippen molar-refractivity contribution in [1.82, 2.24) is 5.32 Å². The molecule has 2 heterocycles. The lowest BCUT2D eigenvalue weighted by Crippen LogP contribution is -2.42. The summed E-state index contributed by atoms with van der Waals surface area (Å²) in [6, 6.07) is 5.93. The van der Waals surface area contributed by atoms with Crippen LogP contribution in [0.2, 0.25) is 0 Å². The highest BCUT2D eigenvalue weighted by Crippen LogP contribution is 2.36. The SMILES string of the molecule is CC(O)(c1ccc2c(c1)CCC(=O)N2)C1CCCNC1. The van der Waals surface area contributed by atoms with Crippen LogP contribution in [0.4, 0.5) is 5.69 Å². The number of aryl methyl sites for hydroxylation is 1. The van der Waals surface area contributed by atoms with Crippen molar-refractivity contribution < 1.29 is 9.90 Å². The van der Waals surface area contributed by atoms with Gasteiger partial charge in [0.15, 0.2) is 0 Å². The maximum atomic E-state index is 11.4. The Morgan fingerprint density at radius 3 is 2.95 bits per heavy atom. The van der Waals surface area contributed by atoms with Crippen molar-refractivity contribution in [1.29, 1.82) is 0 Å². The van der Waals surface area contributed by atoms with Crippen LogP contribution in [-0.2, 0) is 16.8 Å². The highest BCUT2D eigenvalue weighted by molar-refractivity contribution is 5.93. The minimum absolute atomic E-state index is 0.0773. The van der Waals surface area contributed by atoms with E-state index in [1.807, 2.05) is 19.1 Å². The molecule has 0 saturated carbocycles. The van der Waals surface area contributed by atoms with Crippen molar-refractivity contribution in [3.8, 4) is 0 Å². The van der Waals surface area contributed by atoms with Gasteiger partial charge in [0, 0.05) is 24.6 Å². The Morgan fingerprint density at radius 2 is 2.20 bits per heavy atom. The number of nitrogens with one attached hydrogen (secondary N) is 2. The van der Waals surface area contributed by atoms with E-state index in [-0.39, 0.29) is 11.8 Å². The van der Waals surface area contributed by atoms with Crippen molar-refractivity contribution in [2.75, 3.05) is 18.4 Å². The topological polar surface area (TPSA) is 61.4 Å². The summed E-state index contributed by atoms with van der Waals surface area (Å²) in [4.78, 5) is 11.4. The van der Waals surface area contributed by atoms with E-state index in [0.717, 1.165) is 49.2 Å². The molecule has 0 aliphatic carbocycles. The zero-order chi connectivity index (χ0) is 14.2. The molecular weight excluding hydrogens is 252 g/mol. The first-order valence-electron chi connectivity index (χ1n) is 7.44. The molecule has 2 aliphatic heterocycles. The van der Waals surface area contributed by atoms with E-state index in [1.165, 1.54) is 0 Å². The fourth-order valence-corrected chi connectivity index (χ4v) is 3.27. The van der Waals surface area contributed by atoms with E-state index < -0.39 is 5.60 Å². The third kappa shape index (κ3) is 2.45. The molecule has 0 aromatic heterocycles. The average molecular weight is 274 g/mol. The second-order valence-corrected chi connectivity index (χ2v) is 6.11. The third-order valence-corrected chi connectivity index (χ3v) is 4.68. The predicted molar refractivity (Wildman–Crippen MR) is 78.6 cm³/mol. The van der Waals surface area contributed by atoms with Crippen molar-refractivity contribution in [3.05, 3.63) is 29.3 Å². The van der Waals surface area contributed by atoms with Crippen molar-refractivity contribution in [2.24, 2.45) is 5.92 Å². The highest BCUT2D eigenvalue weighted by atomic mass is 16.3. The molecule has 4 heteroatoms. The normalized spacial score (nSPS) is 25.5. The first-order chi connectivity index (χ1) is 9.57. The maximum absolute atomic E-state index is 11.4. The summed E-state index contributed by atoms with van der Waals surface area (Å²) < 4.78 is 0. The molecular formula is C16H22N2O2.